The molecule has 0 spiro atoms. The van der Waals surface area contributed by atoms with Crippen LogP contribution < -0.4 is 20.9 Å². The zero-order valence-corrected chi connectivity index (χ0v) is 23.5. The number of hydrogen-bond donors (Lipinski definition) is 6. The molecule has 8 N–H and O–H groups in total. The lowest BCUT2D eigenvalue weighted by Gasteiger charge is -2.28. The fraction of sp³-hybridized carbons (Fsp3) is 0.308. The van der Waals surface area contributed by atoms with Gasteiger partial charge in [-0.15, -0.1) is 0 Å². The Morgan fingerprint density at radius 1 is 0.762 bits per heavy atom. The van der Waals surface area contributed by atoms with E-state index in [1.54, 1.807) is 36.4 Å². The Hall–Kier alpha value is -3.80. The summed E-state index contributed by atoms with van der Waals surface area (Å²) >= 11 is -4.99. The van der Waals surface area contributed by atoms with Gasteiger partial charge in [0.15, 0.2) is 0 Å². The number of nitrogens with one attached hydrogen (secondary N) is 4. The van der Waals surface area contributed by atoms with E-state index in [1.807, 2.05) is 0 Å². The van der Waals surface area contributed by atoms with Gasteiger partial charge >= 0.3 is 11.9 Å². The summed E-state index contributed by atoms with van der Waals surface area (Å²) in [5.41, 5.74) is 17.3. The first-order chi connectivity index (χ1) is 20.0. The molecule has 2 heterocycles. The van der Waals surface area contributed by atoms with Crippen molar-refractivity contribution in [1.29, 1.82) is 0 Å². The summed E-state index contributed by atoms with van der Waals surface area (Å²) < 4.78 is 60.1. The first-order valence-electron chi connectivity index (χ1n) is 13.0. The van der Waals surface area contributed by atoms with Crippen LogP contribution in [-0.4, -0.2) is 51.5 Å². The Morgan fingerprint density at radius 2 is 1.17 bits per heavy atom. The van der Waals surface area contributed by atoms with Crippen LogP contribution in [0.2, 0.25) is 0 Å². The largest absolute Gasteiger partial charge is 0.755 e. The van der Waals surface area contributed by atoms with E-state index in [0.29, 0.717) is 46.6 Å². The van der Waals surface area contributed by atoms with E-state index >= 15 is 0 Å². The predicted molar refractivity (Wildman–Crippen MR) is 152 cm³/mol. The van der Waals surface area contributed by atoms with Gasteiger partial charge in [0.1, 0.15) is 12.2 Å². The molecule has 0 aliphatic heterocycles. The van der Waals surface area contributed by atoms with Crippen LogP contribution in [0.5, 0.6) is 0 Å². The predicted octanol–water partition coefficient (Wildman–Crippen LogP) is 1.48. The minimum Gasteiger partial charge on any atom is -0.755 e. The summed E-state index contributed by atoms with van der Waals surface area (Å²) in [6.45, 7) is 0. The number of rotatable bonds is 6. The fourth-order valence-electron chi connectivity index (χ4n) is 5.89. The highest BCUT2D eigenvalue weighted by Crippen LogP contribution is 2.39. The molecule has 16 heteroatoms. The van der Waals surface area contributed by atoms with Crippen molar-refractivity contribution in [3.05, 3.63) is 58.9 Å². The van der Waals surface area contributed by atoms with E-state index in [0.717, 1.165) is 21.9 Å². The molecule has 2 aromatic heterocycles. The van der Waals surface area contributed by atoms with Crippen molar-refractivity contribution in [1.82, 2.24) is 9.97 Å². The third-order valence-corrected chi connectivity index (χ3v) is 8.36. The average molecular weight is 615 g/mol. The van der Waals surface area contributed by atoms with Gasteiger partial charge in [-0.25, -0.2) is 9.59 Å². The number of fused-ring (bicyclic) bond motifs is 6. The topological polar surface area (TPSA) is 241 Å². The molecule has 2 aromatic carbocycles. The Balaban J connectivity index is 1.22. The molecule has 6 unspecified atom stereocenters. The summed E-state index contributed by atoms with van der Waals surface area (Å²) in [6, 6.07) is 9.15. The van der Waals surface area contributed by atoms with Crippen molar-refractivity contribution in [2.75, 3.05) is 9.44 Å². The fourth-order valence-corrected chi connectivity index (χ4v) is 6.53. The van der Waals surface area contributed by atoms with Gasteiger partial charge in [-0.3, -0.25) is 8.42 Å². The van der Waals surface area contributed by atoms with Crippen molar-refractivity contribution in [2.45, 2.75) is 50.0 Å². The van der Waals surface area contributed by atoms with Crippen molar-refractivity contribution in [3.63, 3.8) is 0 Å². The number of H-pyrrole nitrogens is 2. The maximum atomic E-state index is 13.0. The normalized spacial score (nSPS) is 23.0. The Labute approximate surface area is 243 Å². The second-order valence-corrected chi connectivity index (χ2v) is 11.8. The molecule has 0 saturated carbocycles. The zero-order chi connectivity index (χ0) is 29.7. The summed E-state index contributed by atoms with van der Waals surface area (Å²) in [5.74, 6) is -2.38. The van der Waals surface area contributed by atoms with Crippen molar-refractivity contribution in [2.24, 2.45) is 11.5 Å². The lowest BCUT2D eigenvalue weighted by atomic mass is 9.89. The molecule has 4 aromatic rings. The van der Waals surface area contributed by atoms with Gasteiger partial charge in [-0.05, 0) is 60.4 Å². The van der Waals surface area contributed by atoms with E-state index < -0.39 is 46.7 Å². The van der Waals surface area contributed by atoms with Crippen LogP contribution in [0, 0.1) is 0 Å². The Kier molecular flexibility index (Phi) is 7.50. The van der Waals surface area contributed by atoms with Gasteiger partial charge in [0.2, 0.25) is 0 Å². The molecule has 0 bridgehead atoms. The maximum absolute atomic E-state index is 13.0. The molecule has 2 aliphatic carbocycles. The molecular formula is C26H26N6O8S2-2. The van der Waals surface area contributed by atoms with Crippen LogP contribution in [0.1, 0.15) is 47.6 Å². The second-order valence-electron chi connectivity index (χ2n) is 10.4. The highest BCUT2D eigenvalue weighted by Gasteiger charge is 2.36. The summed E-state index contributed by atoms with van der Waals surface area (Å²) in [7, 11) is 0. The minimum atomic E-state index is -2.50. The number of carbonyl (C=O) groups excluding carboxylic acids is 2. The number of aromatic amines is 2. The molecule has 0 amide bonds. The van der Waals surface area contributed by atoms with Crippen molar-refractivity contribution >= 4 is 67.7 Å². The van der Waals surface area contributed by atoms with Crippen LogP contribution >= 0.6 is 0 Å². The standard InChI is InChI=1S/C26H28N6O8S2/c27-11-5-17-15-9-13(31-41(35)36)1-3-19(15)29-23(17)21(7-11)39-25(33)26(34)40-22-8-12(28)6-18-16-10-14(32-42(37)38)2-4-20(16)30-24(18)22/h1-4,9-12,21-22,29-32H,5-8,27-28H2,(H,35,36)(H,37,38)/p-2. The number of carbonyl (C=O) groups is 2. The Morgan fingerprint density at radius 3 is 1.55 bits per heavy atom. The molecule has 42 heavy (non-hydrogen) atoms. The molecule has 14 nitrogen and oxygen atoms in total. The first kappa shape index (κ1) is 28.3. The summed E-state index contributed by atoms with van der Waals surface area (Å²) in [4.78, 5) is 32.4. The van der Waals surface area contributed by atoms with Crippen molar-refractivity contribution in [3.8, 4) is 0 Å². The third kappa shape index (κ3) is 5.51. The Bertz CT molecular complexity index is 1640. The SMILES string of the molecule is NC1Cc2c([nH]c3ccc(NS(=O)[O-])cc23)C(OC(=O)C(=O)OC2CC(N)Cc3c2[nH]c2ccc(NS(=O)[O-])cc32)C1. The van der Waals surface area contributed by atoms with E-state index in [1.165, 1.54) is 0 Å². The first-order valence-corrected chi connectivity index (χ1v) is 15.1. The van der Waals surface area contributed by atoms with E-state index in [4.69, 9.17) is 20.9 Å². The van der Waals surface area contributed by atoms with Gasteiger partial charge in [-0.1, -0.05) is 0 Å². The van der Waals surface area contributed by atoms with Crippen LogP contribution in [0.15, 0.2) is 36.4 Å². The summed E-state index contributed by atoms with van der Waals surface area (Å²) in [6.07, 6.45) is -0.253. The lowest BCUT2D eigenvalue weighted by molar-refractivity contribution is -0.175. The van der Waals surface area contributed by atoms with E-state index in [2.05, 4.69) is 19.4 Å². The highest BCUT2D eigenvalue weighted by molar-refractivity contribution is 7.80. The smallest absolute Gasteiger partial charge is 0.418 e. The van der Waals surface area contributed by atoms with E-state index in [-0.39, 0.29) is 24.9 Å². The monoisotopic (exact) mass is 614 g/mol. The average Bonchev–Trinajstić information content (AvgIpc) is 3.46. The van der Waals surface area contributed by atoms with Crippen LogP contribution in [0.4, 0.5) is 11.4 Å². The zero-order valence-electron chi connectivity index (χ0n) is 21.8. The number of aromatic nitrogens is 2. The van der Waals surface area contributed by atoms with Gasteiger partial charge in [0.05, 0.1) is 11.4 Å². The lowest BCUT2D eigenvalue weighted by Crippen LogP contribution is -2.35. The highest BCUT2D eigenvalue weighted by atomic mass is 32.2. The quantitative estimate of drug-likeness (QED) is 0.104. The van der Waals surface area contributed by atoms with Gasteiger partial charge in [0, 0.05) is 80.6 Å². The molecule has 0 fully saturated rings. The number of benzene rings is 2. The van der Waals surface area contributed by atoms with Crippen LogP contribution in [0.25, 0.3) is 21.8 Å². The molecule has 0 radical (unpaired) electrons. The second kappa shape index (κ2) is 11.1. The van der Waals surface area contributed by atoms with Crippen LogP contribution in [-0.2, 0) is 54.4 Å². The van der Waals surface area contributed by atoms with Gasteiger partial charge < -0.3 is 49.5 Å². The number of esters is 2. The third-order valence-electron chi connectivity index (χ3n) is 7.56. The minimum absolute atomic E-state index is 0.263. The molecule has 6 rings (SSSR count). The maximum Gasteiger partial charge on any atom is 0.418 e. The molecule has 2 aliphatic rings. The number of ether oxygens (including phenoxy) is 2. The molecule has 0 saturated heterocycles. The number of nitrogens with two attached hydrogens (primary N) is 2. The molecule has 222 valence electrons. The summed E-state index contributed by atoms with van der Waals surface area (Å²) in [5, 5.41) is 1.45. The molecule has 6 atom stereocenters. The van der Waals surface area contributed by atoms with E-state index in [9.17, 15) is 27.1 Å². The van der Waals surface area contributed by atoms with Crippen molar-refractivity contribution < 1.29 is 36.6 Å². The number of hydrogen-bond acceptors (Lipinski definition) is 10. The number of anilines is 2. The van der Waals surface area contributed by atoms with Gasteiger partial charge in [0.25, 0.3) is 0 Å². The van der Waals surface area contributed by atoms with Gasteiger partial charge in [-0.2, -0.15) is 0 Å². The van der Waals surface area contributed by atoms with Crippen LogP contribution in [0.3, 0.4) is 0 Å². The molecular weight excluding hydrogens is 588 g/mol.